The second kappa shape index (κ2) is 7.30. The van der Waals surface area contributed by atoms with Crippen LogP contribution in [-0.2, 0) is 6.54 Å². The zero-order valence-electron chi connectivity index (χ0n) is 12.7. The minimum Gasteiger partial charge on any atom is -0.335 e. The van der Waals surface area contributed by atoms with Gasteiger partial charge in [0.05, 0.1) is 18.1 Å². The van der Waals surface area contributed by atoms with Gasteiger partial charge in [-0.1, -0.05) is 13.8 Å². The van der Waals surface area contributed by atoms with Crippen LogP contribution in [0.2, 0.25) is 0 Å². The molecular formula is C15H26N4. The molecule has 1 N–H and O–H groups in total. The van der Waals surface area contributed by atoms with Crippen LogP contribution in [0.5, 0.6) is 0 Å². The van der Waals surface area contributed by atoms with Gasteiger partial charge in [-0.05, 0) is 46.1 Å². The van der Waals surface area contributed by atoms with Crippen molar-refractivity contribution in [3.63, 3.8) is 0 Å². The number of aryl methyl sites for hydroxylation is 2. The summed E-state index contributed by atoms with van der Waals surface area (Å²) in [5.41, 5.74) is 1.95. The van der Waals surface area contributed by atoms with Crippen molar-refractivity contribution >= 4 is 0 Å². The summed E-state index contributed by atoms with van der Waals surface area (Å²) >= 11 is 0. The van der Waals surface area contributed by atoms with E-state index >= 15 is 0 Å². The Morgan fingerprint density at radius 2 is 2.16 bits per heavy atom. The molecule has 0 fully saturated rings. The van der Waals surface area contributed by atoms with Crippen LogP contribution in [0.1, 0.15) is 50.9 Å². The number of hydrogen-bond donors (Lipinski definition) is 1. The lowest BCUT2D eigenvalue weighted by Gasteiger charge is -2.26. The zero-order chi connectivity index (χ0) is 14.3. The minimum absolute atomic E-state index is 0.362. The largest absolute Gasteiger partial charge is 0.335 e. The molecule has 4 nitrogen and oxygen atoms in total. The normalized spacial score (nSPS) is 14.1. The summed E-state index contributed by atoms with van der Waals surface area (Å²) in [7, 11) is 0. The molecule has 0 radical (unpaired) electrons. The first-order valence-electron chi connectivity index (χ1n) is 7.23. The fourth-order valence-corrected chi connectivity index (χ4v) is 2.25. The van der Waals surface area contributed by atoms with Gasteiger partial charge in [0.25, 0.3) is 0 Å². The third-order valence-electron chi connectivity index (χ3n) is 3.88. The van der Waals surface area contributed by atoms with E-state index in [2.05, 4.69) is 41.7 Å². The number of nitrogens with one attached hydrogen (secondary N) is 1. The maximum Gasteiger partial charge on any atom is 0.106 e. The topological polar surface area (TPSA) is 53.6 Å². The number of hydrogen-bond acceptors (Lipinski definition) is 3. The first-order chi connectivity index (χ1) is 9.08. The summed E-state index contributed by atoms with van der Waals surface area (Å²) in [6.45, 7) is 10.2. The van der Waals surface area contributed by atoms with Gasteiger partial charge >= 0.3 is 0 Å². The van der Waals surface area contributed by atoms with Gasteiger partial charge in [0.1, 0.15) is 5.54 Å². The summed E-state index contributed by atoms with van der Waals surface area (Å²) in [5, 5.41) is 12.8. The van der Waals surface area contributed by atoms with Gasteiger partial charge in [-0.25, -0.2) is 4.98 Å². The van der Waals surface area contributed by atoms with E-state index in [0.29, 0.717) is 0 Å². The van der Waals surface area contributed by atoms with E-state index in [-0.39, 0.29) is 5.54 Å². The molecule has 106 valence electrons. The highest BCUT2D eigenvalue weighted by Gasteiger charge is 2.26. The molecule has 0 bridgehead atoms. The van der Waals surface area contributed by atoms with E-state index in [4.69, 9.17) is 0 Å². The Morgan fingerprint density at radius 3 is 2.63 bits per heavy atom. The van der Waals surface area contributed by atoms with Crippen LogP contribution in [0.15, 0.2) is 6.33 Å². The lowest BCUT2D eigenvalue weighted by atomic mass is 9.92. The molecular weight excluding hydrogens is 236 g/mol. The Bertz CT molecular complexity index is 430. The monoisotopic (exact) mass is 262 g/mol. The van der Waals surface area contributed by atoms with Gasteiger partial charge in [-0.3, -0.25) is 5.32 Å². The van der Waals surface area contributed by atoms with Crippen LogP contribution in [0.4, 0.5) is 0 Å². The molecule has 0 amide bonds. The van der Waals surface area contributed by atoms with Crippen molar-refractivity contribution < 1.29 is 0 Å². The standard InChI is InChI=1S/C15H26N4/c1-5-9-18-15(6-2,11-16)8-7-10-19-12-17-13(3)14(19)4/h12,18H,5-10H2,1-4H3. The Hall–Kier alpha value is -1.34. The lowest BCUT2D eigenvalue weighted by molar-refractivity contribution is 0.355. The van der Waals surface area contributed by atoms with Gasteiger partial charge in [0.15, 0.2) is 0 Å². The Labute approximate surface area is 116 Å². The van der Waals surface area contributed by atoms with Crippen LogP contribution in [0.3, 0.4) is 0 Å². The number of nitriles is 1. The fourth-order valence-electron chi connectivity index (χ4n) is 2.25. The molecule has 0 aliphatic rings. The van der Waals surface area contributed by atoms with Crippen molar-refractivity contribution in [1.82, 2.24) is 14.9 Å². The summed E-state index contributed by atoms with van der Waals surface area (Å²) in [4.78, 5) is 4.30. The van der Waals surface area contributed by atoms with Crippen molar-refractivity contribution in [1.29, 1.82) is 5.26 Å². The van der Waals surface area contributed by atoms with E-state index in [1.807, 2.05) is 13.3 Å². The number of rotatable bonds is 8. The second-order valence-corrected chi connectivity index (χ2v) is 5.19. The lowest BCUT2D eigenvalue weighted by Crippen LogP contribution is -2.43. The highest BCUT2D eigenvalue weighted by atomic mass is 15.1. The predicted octanol–water partition coefficient (Wildman–Crippen LogP) is 2.95. The molecule has 19 heavy (non-hydrogen) atoms. The molecule has 1 atom stereocenters. The molecule has 4 heteroatoms. The molecule has 0 aliphatic heterocycles. The highest BCUT2D eigenvalue weighted by Crippen LogP contribution is 2.18. The highest BCUT2D eigenvalue weighted by molar-refractivity contribution is 5.09. The maximum absolute atomic E-state index is 9.43. The molecule has 1 aromatic heterocycles. The van der Waals surface area contributed by atoms with Crippen molar-refractivity contribution in [2.24, 2.45) is 0 Å². The van der Waals surface area contributed by atoms with E-state index in [0.717, 1.165) is 44.5 Å². The summed E-state index contributed by atoms with van der Waals surface area (Å²) in [6.07, 6.45) is 5.68. The van der Waals surface area contributed by atoms with Gasteiger partial charge in [0.2, 0.25) is 0 Å². The van der Waals surface area contributed by atoms with Crippen LogP contribution < -0.4 is 5.32 Å². The number of imidazole rings is 1. The molecule has 1 rings (SSSR count). The Kier molecular flexibility index (Phi) is 6.04. The first kappa shape index (κ1) is 15.7. The molecule has 0 aromatic carbocycles. The predicted molar refractivity (Wildman–Crippen MR) is 77.9 cm³/mol. The number of aromatic nitrogens is 2. The summed E-state index contributed by atoms with van der Waals surface area (Å²) in [5.74, 6) is 0. The number of nitrogens with zero attached hydrogens (tertiary/aromatic N) is 3. The molecule has 1 heterocycles. The van der Waals surface area contributed by atoms with Crippen molar-refractivity contribution in [3.05, 3.63) is 17.7 Å². The minimum atomic E-state index is -0.362. The molecule has 1 aromatic rings. The molecule has 0 aliphatic carbocycles. The third kappa shape index (κ3) is 4.07. The Balaban J connectivity index is 2.53. The SMILES string of the molecule is CCCNC(C#N)(CC)CCCn1cnc(C)c1C. The van der Waals surface area contributed by atoms with E-state index in [9.17, 15) is 5.26 Å². The molecule has 0 saturated carbocycles. The van der Waals surface area contributed by atoms with Gasteiger partial charge in [-0.15, -0.1) is 0 Å². The average Bonchev–Trinajstić information content (AvgIpc) is 2.75. The second-order valence-electron chi connectivity index (χ2n) is 5.19. The zero-order valence-corrected chi connectivity index (χ0v) is 12.7. The van der Waals surface area contributed by atoms with E-state index < -0.39 is 0 Å². The van der Waals surface area contributed by atoms with Crippen LogP contribution >= 0.6 is 0 Å². The summed E-state index contributed by atoms with van der Waals surface area (Å²) < 4.78 is 2.17. The van der Waals surface area contributed by atoms with Gasteiger partial charge < -0.3 is 4.57 Å². The van der Waals surface area contributed by atoms with Gasteiger partial charge in [0, 0.05) is 12.2 Å². The molecule has 0 saturated heterocycles. The first-order valence-corrected chi connectivity index (χ1v) is 7.23. The average molecular weight is 262 g/mol. The third-order valence-corrected chi connectivity index (χ3v) is 3.88. The van der Waals surface area contributed by atoms with Crippen molar-refractivity contribution in [3.8, 4) is 6.07 Å². The Morgan fingerprint density at radius 1 is 1.42 bits per heavy atom. The van der Waals surface area contributed by atoms with Crippen LogP contribution in [-0.4, -0.2) is 21.6 Å². The smallest absolute Gasteiger partial charge is 0.106 e. The van der Waals surface area contributed by atoms with Crippen LogP contribution in [0, 0.1) is 25.2 Å². The summed E-state index contributed by atoms with van der Waals surface area (Å²) in [6, 6.07) is 2.47. The van der Waals surface area contributed by atoms with E-state index in [1.54, 1.807) is 0 Å². The van der Waals surface area contributed by atoms with Crippen molar-refractivity contribution in [2.45, 2.75) is 65.5 Å². The maximum atomic E-state index is 9.43. The molecule has 0 spiro atoms. The van der Waals surface area contributed by atoms with Crippen molar-refractivity contribution in [2.75, 3.05) is 6.54 Å². The fraction of sp³-hybridized carbons (Fsp3) is 0.733. The van der Waals surface area contributed by atoms with E-state index in [1.165, 1.54) is 5.69 Å². The quantitative estimate of drug-likeness (QED) is 0.783. The molecule has 1 unspecified atom stereocenters. The van der Waals surface area contributed by atoms with Gasteiger partial charge in [-0.2, -0.15) is 5.26 Å². The van der Waals surface area contributed by atoms with Crippen LogP contribution in [0.25, 0.3) is 0 Å².